The molecule has 5 nitrogen and oxygen atoms in total. The lowest BCUT2D eigenvalue weighted by Gasteiger charge is -2.07. The third-order valence-electron chi connectivity index (χ3n) is 2.85. The number of imidazole rings is 1. The summed E-state index contributed by atoms with van der Waals surface area (Å²) in [5.74, 6) is 1.76. The monoisotopic (exact) mass is 321 g/mol. The van der Waals surface area contributed by atoms with Crippen LogP contribution in [0.4, 0.5) is 5.69 Å². The molecule has 3 N–H and O–H groups in total. The molecule has 98 valence electrons. The molecule has 0 fully saturated rings. The first-order valence-corrected chi connectivity index (χ1v) is 6.62. The van der Waals surface area contributed by atoms with E-state index < -0.39 is 0 Å². The summed E-state index contributed by atoms with van der Waals surface area (Å²) in [6.07, 6.45) is 0. The molecular formula is C13H12BrN3O2. The molecule has 1 aromatic carbocycles. The van der Waals surface area contributed by atoms with Crippen molar-refractivity contribution in [1.82, 2.24) is 9.97 Å². The van der Waals surface area contributed by atoms with Crippen molar-refractivity contribution >= 4 is 32.7 Å². The molecule has 0 saturated carbocycles. The van der Waals surface area contributed by atoms with Gasteiger partial charge in [0.25, 0.3) is 0 Å². The average Bonchev–Trinajstić information content (AvgIpc) is 2.91. The van der Waals surface area contributed by atoms with Gasteiger partial charge in [0, 0.05) is 4.47 Å². The lowest BCUT2D eigenvalue weighted by Crippen LogP contribution is -1.99. The van der Waals surface area contributed by atoms with Crippen LogP contribution in [-0.2, 0) is 6.54 Å². The zero-order chi connectivity index (χ0) is 13.4. The molecule has 3 aromatic rings. The van der Waals surface area contributed by atoms with E-state index in [1.54, 1.807) is 0 Å². The fourth-order valence-corrected chi connectivity index (χ4v) is 2.44. The number of anilines is 1. The van der Waals surface area contributed by atoms with E-state index in [4.69, 9.17) is 4.42 Å². The number of aryl methyl sites for hydroxylation is 1. The van der Waals surface area contributed by atoms with Gasteiger partial charge in [0.15, 0.2) is 0 Å². The lowest BCUT2D eigenvalue weighted by molar-refractivity contribution is 0.490. The number of H-pyrrole nitrogens is 2. The first-order valence-electron chi connectivity index (χ1n) is 5.82. The summed E-state index contributed by atoms with van der Waals surface area (Å²) < 4.78 is 6.38. The molecule has 0 spiro atoms. The van der Waals surface area contributed by atoms with Gasteiger partial charge in [0.1, 0.15) is 11.5 Å². The Labute approximate surface area is 117 Å². The number of rotatable bonds is 3. The van der Waals surface area contributed by atoms with Crippen molar-refractivity contribution in [2.45, 2.75) is 13.5 Å². The molecule has 2 heterocycles. The van der Waals surface area contributed by atoms with Crippen LogP contribution >= 0.6 is 15.9 Å². The van der Waals surface area contributed by atoms with Gasteiger partial charge in [-0.05, 0) is 47.1 Å². The minimum Gasteiger partial charge on any atom is -0.465 e. The first kappa shape index (κ1) is 12.1. The van der Waals surface area contributed by atoms with Gasteiger partial charge in [-0.2, -0.15) is 0 Å². The van der Waals surface area contributed by atoms with Gasteiger partial charge in [-0.15, -0.1) is 0 Å². The summed E-state index contributed by atoms with van der Waals surface area (Å²) in [5, 5.41) is 3.27. The fraction of sp³-hybridized carbons (Fsp3) is 0.154. The highest BCUT2D eigenvalue weighted by Crippen LogP contribution is 2.26. The number of furan rings is 1. The second-order valence-corrected chi connectivity index (χ2v) is 5.18. The Morgan fingerprint density at radius 1 is 1.26 bits per heavy atom. The predicted octanol–water partition coefficient (Wildman–Crippen LogP) is 3.13. The molecular weight excluding hydrogens is 310 g/mol. The number of hydrogen-bond acceptors (Lipinski definition) is 3. The van der Waals surface area contributed by atoms with Crippen molar-refractivity contribution in [1.29, 1.82) is 0 Å². The van der Waals surface area contributed by atoms with Gasteiger partial charge in [-0.25, -0.2) is 4.79 Å². The van der Waals surface area contributed by atoms with Crippen molar-refractivity contribution in [2.24, 2.45) is 0 Å². The molecule has 0 aliphatic heterocycles. The molecule has 0 amide bonds. The topological polar surface area (TPSA) is 73.8 Å². The van der Waals surface area contributed by atoms with E-state index in [2.05, 4.69) is 31.2 Å². The van der Waals surface area contributed by atoms with Crippen LogP contribution in [0, 0.1) is 6.92 Å². The third kappa shape index (κ3) is 2.44. The zero-order valence-corrected chi connectivity index (χ0v) is 11.8. The van der Waals surface area contributed by atoms with Crippen LogP contribution in [-0.4, -0.2) is 9.97 Å². The maximum atomic E-state index is 11.2. The molecule has 0 radical (unpaired) electrons. The third-order valence-corrected chi connectivity index (χ3v) is 3.51. The van der Waals surface area contributed by atoms with E-state index in [-0.39, 0.29) is 5.69 Å². The number of aromatic nitrogens is 2. The number of halogens is 1. The van der Waals surface area contributed by atoms with E-state index in [0.717, 1.165) is 32.7 Å². The van der Waals surface area contributed by atoms with Crippen molar-refractivity contribution in [2.75, 3.05) is 5.32 Å². The van der Waals surface area contributed by atoms with Gasteiger partial charge in [0.05, 0.1) is 23.3 Å². The molecule has 0 unspecified atom stereocenters. The van der Waals surface area contributed by atoms with Crippen LogP contribution in [0.25, 0.3) is 11.0 Å². The Bertz CT molecular complexity index is 785. The molecule has 3 rings (SSSR count). The van der Waals surface area contributed by atoms with E-state index >= 15 is 0 Å². The van der Waals surface area contributed by atoms with Crippen molar-refractivity contribution in [3.05, 3.63) is 50.7 Å². The van der Waals surface area contributed by atoms with Crippen LogP contribution in [0.2, 0.25) is 0 Å². The van der Waals surface area contributed by atoms with Gasteiger partial charge < -0.3 is 19.7 Å². The van der Waals surface area contributed by atoms with Crippen LogP contribution in [0.1, 0.15) is 11.5 Å². The quantitative estimate of drug-likeness (QED) is 0.693. The summed E-state index contributed by atoms with van der Waals surface area (Å²) in [6, 6.07) is 7.61. The number of hydrogen-bond donors (Lipinski definition) is 3. The van der Waals surface area contributed by atoms with Crippen molar-refractivity contribution in [3.63, 3.8) is 0 Å². The Kier molecular flexibility index (Phi) is 2.94. The maximum absolute atomic E-state index is 11.2. The second-order valence-electron chi connectivity index (χ2n) is 4.32. The summed E-state index contributed by atoms with van der Waals surface area (Å²) >= 11 is 3.48. The summed E-state index contributed by atoms with van der Waals surface area (Å²) in [5.41, 5.74) is 2.24. The minimum absolute atomic E-state index is 0.208. The minimum atomic E-state index is -0.208. The summed E-state index contributed by atoms with van der Waals surface area (Å²) in [6.45, 7) is 2.50. The molecule has 0 aliphatic carbocycles. The van der Waals surface area contributed by atoms with Gasteiger partial charge in [0.2, 0.25) is 0 Å². The van der Waals surface area contributed by atoms with Crippen LogP contribution in [0.15, 0.2) is 37.9 Å². The normalized spacial score (nSPS) is 11.1. The molecule has 0 saturated heterocycles. The van der Waals surface area contributed by atoms with E-state index in [0.29, 0.717) is 6.54 Å². The van der Waals surface area contributed by atoms with E-state index in [9.17, 15) is 4.79 Å². The first-order chi connectivity index (χ1) is 9.11. The molecule has 6 heteroatoms. The molecule has 0 bridgehead atoms. The summed E-state index contributed by atoms with van der Waals surface area (Å²) in [7, 11) is 0. The predicted molar refractivity (Wildman–Crippen MR) is 77.4 cm³/mol. The van der Waals surface area contributed by atoms with Gasteiger partial charge in [-0.1, -0.05) is 0 Å². The second kappa shape index (κ2) is 4.62. The van der Waals surface area contributed by atoms with E-state index in [1.165, 1.54) is 0 Å². The van der Waals surface area contributed by atoms with Gasteiger partial charge >= 0.3 is 5.69 Å². The summed E-state index contributed by atoms with van der Waals surface area (Å²) in [4.78, 5) is 16.7. The highest BCUT2D eigenvalue weighted by atomic mass is 79.9. The largest absolute Gasteiger partial charge is 0.465 e. The Balaban J connectivity index is 1.87. The molecule has 2 aromatic heterocycles. The average molecular weight is 322 g/mol. The maximum Gasteiger partial charge on any atom is 0.323 e. The standard InChI is InChI=1S/C13H12BrN3O2/c1-7-2-3-8(19-7)6-15-10-5-12-11(4-9(10)14)16-13(18)17-12/h2-5,15H,6H2,1H3,(H2,16,17,18). The lowest BCUT2D eigenvalue weighted by atomic mass is 10.2. The van der Waals surface area contributed by atoms with Crippen LogP contribution in [0.5, 0.6) is 0 Å². The number of fused-ring (bicyclic) bond motifs is 1. The fourth-order valence-electron chi connectivity index (χ4n) is 1.95. The Morgan fingerprint density at radius 2 is 2.00 bits per heavy atom. The highest BCUT2D eigenvalue weighted by molar-refractivity contribution is 9.10. The Morgan fingerprint density at radius 3 is 2.68 bits per heavy atom. The Hall–Kier alpha value is -1.95. The van der Waals surface area contributed by atoms with Crippen molar-refractivity contribution < 1.29 is 4.42 Å². The zero-order valence-electron chi connectivity index (χ0n) is 10.2. The highest BCUT2D eigenvalue weighted by Gasteiger charge is 2.06. The van der Waals surface area contributed by atoms with Gasteiger partial charge in [-0.3, -0.25) is 0 Å². The molecule has 19 heavy (non-hydrogen) atoms. The number of nitrogens with one attached hydrogen (secondary N) is 3. The molecule has 0 aliphatic rings. The number of aromatic amines is 2. The SMILES string of the molecule is Cc1ccc(CNc2cc3[nH]c(=O)[nH]c3cc2Br)o1. The molecule has 0 atom stereocenters. The number of benzene rings is 1. The van der Waals surface area contributed by atoms with Crippen LogP contribution in [0.3, 0.4) is 0 Å². The smallest absolute Gasteiger partial charge is 0.323 e. The van der Waals surface area contributed by atoms with E-state index in [1.807, 2.05) is 31.2 Å². The van der Waals surface area contributed by atoms with Crippen molar-refractivity contribution in [3.8, 4) is 0 Å². The van der Waals surface area contributed by atoms with Crippen LogP contribution < -0.4 is 11.0 Å².